The normalized spacial score (nSPS) is 10.0. The number of hydrogen-bond donors (Lipinski definition) is 0. The lowest BCUT2D eigenvalue weighted by atomic mass is 10.0. The first-order valence-corrected chi connectivity index (χ1v) is 9.50. The molecule has 3 heteroatoms. The van der Waals surface area contributed by atoms with Crippen LogP contribution >= 0.6 is 0 Å². The lowest BCUT2D eigenvalue weighted by Gasteiger charge is -2.04. The van der Waals surface area contributed by atoms with Crippen molar-refractivity contribution in [2.75, 3.05) is 13.2 Å². The molecule has 0 atom stereocenters. The highest BCUT2D eigenvalue weighted by Crippen LogP contribution is 2.12. The summed E-state index contributed by atoms with van der Waals surface area (Å²) in [5.74, 6) is 5.32. The van der Waals surface area contributed by atoms with E-state index in [-0.39, 0.29) is 6.61 Å². The van der Waals surface area contributed by atoms with Crippen LogP contribution in [-0.4, -0.2) is 19.4 Å². The van der Waals surface area contributed by atoms with Gasteiger partial charge in [-0.05, 0) is 13.3 Å². The van der Waals surface area contributed by atoms with Gasteiger partial charge in [-0.15, -0.1) is 5.92 Å². The third-order valence-corrected chi connectivity index (χ3v) is 3.91. The van der Waals surface area contributed by atoms with Gasteiger partial charge in [0.05, 0.1) is 6.61 Å². The Morgan fingerprint density at radius 3 is 1.70 bits per heavy atom. The number of ether oxygens (including phenoxy) is 2. The van der Waals surface area contributed by atoms with Crippen molar-refractivity contribution < 1.29 is 14.3 Å². The Hall–Kier alpha value is -1.17. The molecule has 0 aliphatic heterocycles. The van der Waals surface area contributed by atoms with Crippen molar-refractivity contribution in [2.45, 2.75) is 97.3 Å². The summed E-state index contributed by atoms with van der Waals surface area (Å²) in [6.45, 7) is 4.55. The van der Waals surface area contributed by atoms with Crippen LogP contribution in [0, 0.1) is 11.8 Å². The molecule has 0 saturated heterocycles. The highest BCUT2D eigenvalue weighted by atomic mass is 16.7. The highest BCUT2D eigenvalue weighted by Gasteiger charge is 2.01. The summed E-state index contributed by atoms with van der Waals surface area (Å²) in [5, 5.41) is 0. The van der Waals surface area contributed by atoms with Crippen LogP contribution in [0.25, 0.3) is 0 Å². The van der Waals surface area contributed by atoms with E-state index in [9.17, 15) is 4.79 Å². The number of carbonyl (C=O) groups excluding carboxylic acids is 1. The molecule has 134 valence electrons. The summed E-state index contributed by atoms with van der Waals surface area (Å²) in [4.78, 5) is 11.1. The molecule has 0 bridgehead atoms. The summed E-state index contributed by atoms with van der Waals surface area (Å²) in [6.07, 6.45) is 16.5. The second-order valence-electron chi connectivity index (χ2n) is 6.06. The first-order chi connectivity index (χ1) is 11.3. The summed E-state index contributed by atoms with van der Waals surface area (Å²) in [7, 11) is 0. The molecule has 0 radical (unpaired) electrons. The fourth-order valence-corrected chi connectivity index (χ4v) is 2.48. The van der Waals surface area contributed by atoms with Crippen LogP contribution in [0.3, 0.4) is 0 Å². The van der Waals surface area contributed by atoms with Crippen molar-refractivity contribution in [2.24, 2.45) is 0 Å². The van der Waals surface area contributed by atoms with Gasteiger partial charge in [-0.25, -0.2) is 4.79 Å². The van der Waals surface area contributed by atoms with Crippen molar-refractivity contribution in [3.05, 3.63) is 0 Å². The quantitative estimate of drug-likeness (QED) is 0.203. The van der Waals surface area contributed by atoms with Crippen molar-refractivity contribution in [3.63, 3.8) is 0 Å². The molecule has 0 fully saturated rings. The van der Waals surface area contributed by atoms with Gasteiger partial charge in [-0.1, -0.05) is 89.9 Å². The third kappa shape index (κ3) is 18.8. The van der Waals surface area contributed by atoms with Crippen LogP contribution in [0.5, 0.6) is 0 Å². The van der Waals surface area contributed by atoms with E-state index >= 15 is 0 Å². The van der Waals surface area contributed by atoms with Crippen molar-refractivity contribution in [1.29, 1.82) is 0 Å². The Kier molecular flexibility index (Phi) is 17.9. The lowest BCUT2D eigenvalue weighted by molar-refractivity contribution is 0.0632. The van der Waals surface area contributed by atoms with E-state index in [4.69, 9.17) is 9.47 Å². The van der Waals surface area contributed by atoms with E-state index in [0.29, 0.717) is 6.61 Å². The fraction of sp³-hybridized carbons (Fsp3) is 0.850. The average Bonchev–Trinajstić information content (AvgIpc) is 2.55. The number of unbranched alkanes of at least 4 members (excludes halogenated alkanes) is 12. The summed E-state index contributed by atoms with van der Waals surface area (Å²) < 4.78 is 9.72. The van der Waals surface area contributed by atoms with E-state index in [1.807, 2.05) is 0 Å². The Morgan fingerprint density at radius 1 is 0.739 bits per heavy atom. The van der Waals surface area contributed by atoms with Crippen LogP contribution in [0.15, 0.2) is 0 Å². The smallest absolute Gasteiger partial charge is 0.434 e. The molecule has 0 aromatic heterocycles. The fourth-order valence-electron chi connectivity index (χ4n) is 2.48. The van der Waals surface area contributed by atoms with Gasteiger partial charge in [-0.3, -0.25) is 0 Å². The minimum absolute atomic E-state index is 0.119. The van der Waals surface area contributed by atoms with Crippen molar-refractivity contribution in [3.8, 4) is 11.8 Å². The second-order valence-corrected chi connectivity index (χ2v) is 6.06. The molecular formula is C20H36O3. The van der Waals surface area contributed by atoms with E-state index < -0.39 is 6.16 Å². The second kappa shape index (κ2) is 18.9. The molecule has 0 N–H and O–H groups in total. The molecule has 0 rings (SSSR count). The van der Waals surface area contributed by atoms with Gasteiger partial charge in [0.15, 0.2) is 6.61 Å². The van der Waals surface area contributed by atoms with E-state index in [1.54, 1.807) is 6.92 Å². The molecule has 0 heterocycles. The van der Waals surface area contributed by atoms with Crippen LogP contribution < -0.4 is 0 Å². The van der Waals surface area contributed by atoms with Crippen LogP contribution in [0.1, 0.15) is 97.3 Å². The zero-order valence-corrected chi connectivity index (χ0v) is 15.3. The Morgan fingerprint density at radius 2 is 1.22 bits per heavy atom. The monoisotopic (exact) mass is 324 g/mol. The summed E-state index contributed by atoms with van der Waals surface area (Å²) in [6, 6.07) is 0. The molecule has 0 aromatic rings. The molecule has 0 spiro atoms. The Labute approximate surface area is 143 Å². The third-order valence-electron chi connectivity index (χ3n) is 3.91. The minimum atomic E-state index is -0.605. The molecule has 0 amide bonds. The molecule has 0 aliphatic carbocycles. The minimum Gasteiger partial charge on any atom is -0.434 e. The maximum Gasteiger partial charge on any atom is 0.509 e. The van der Waals surface area contributed by atoms with Crippen LogP contribution in [-0.2, 0) is 9.47 Å². The Bertz CT molecular complexity index is 315. The van der Waals surface area contributed by atoms with E-state index in [2.05, 4.69) is 18.8 Å². The predicted octanol–water partition coefficient (Wildman–Crippen LogP) is 6.25. The lowest BCUT2D eigenvalue weighted by Crippen LogP contribution is -2.08. The summed E-state index contributed by atoms with van der Waals surface area (Å²) in [5.41, 5.74) is 0. The molecule has 0 unspecified atom stereocenters. The molecule has 0 aromatic carbocycles. The van der Waals surface area contributed by atoms with Gasteiger partial charge in [0, 0.05) is 0 Å². The average molecular weight is 325 g/mol. The number of hydrogen-bond acceptors (Lipinski definition) is 3. The van der Waals surface area contributed by atoms with Gasteiger partial charge in [0.25, 0.3) is 0 Å². The maximum atomic E-state index is 11.1. The Balaban J connectivity index is 3.10. The van der Waals surface area contributed by atoms with Crippen molar-refractivity contribution >= 4 is 6.16 Å². The molecule has 0 saturated carbocycles. The van der Waals surface area contributed by atoms with Crippen LogP contribution in [0.2, 0.25) is 0 Å². The van der Waals surface area contributed by atoms with Gasteiger partial charge < -0.3 is 9.47 Å². The summed E-state index contributed by atoms with van der Waals surface area (Å²) >= 11 is 0. The topological polar surface area (TPSA) is 35.5 Å². The van der Waals surface area contributed by atoms with Gasteiger partial charge >= 0.3 is 6.16 Å². The van der Waals surface area contributed by atoms with Gasteiger partial charge in [-0.2, -0.15) is 0 Å². The molecule has 3 nitrogen and oxygen atoms in total. The van der Waals surface area contributed by atoms with Gasteiger partial charge in [0.2, 0.25) is 0 Å². The zero-order valence-electron chi connectivity index (χ0n) is 15.3. The number of carbonyl (C=O) groups is 1. The zero-order chi connectivity index (χ0) is 17.0. The van der Waals surface area contributed by atoms with Crippen LogP contribution in [0.4, 0.5) is 4.79 Å². The van der Waals surface area contributed by atoms with E-state index in [0.717, 1.165) is 12.8 Å². The maximum absolute atomic E-state index is 11.1. The first kappa shape index (κ1) is 21.8. The molecule has 0 aliphatic rings. The highest BCUT2D eigenvalue weighted by molar-refractivity contribution is 5.60. The first-order valence-electron chi connectivity index (χ1n) is 9.50. The SMILES string of the molecule is CC#CCOC(=O)OCCCCCCCCCCCCCCC. The largest absolute Gasteiger partial charge is 0.509 e. The van der Waals surface area contributed by atoms with E-state index in [1.165, 1.54) is 70.6 Å². The van der Waals surface area contributed by atoms with Gasteiger partial charge in [0.1, 0.15) is 0 Å². The number of rotatable bonds is 15. The predicted molar refractivity (Wildman–Crippen MR) is 96.4 cm³/mol. The molecular weight excluding hydrogens is 288 g/mol. The van der Waals surface area contributed by atoms with Crippen molar-refractivity contribution in [1.82, 2.24) is 0 Å². The standard InChI is InChI=1S/C20H36O3/c1-3-5-7-8-9-10-11-12-13-14-15-16-17-19-23-20(21)22-18-6-4-2/h3,5,7-19H2,1-2H3. The molecule has 23 heavy (non-hydrogen) atoms.